The number of aliphatic hydroxyl groups is 1. The number of alkyl halides is 1. The summed E-state index contributed by atoms with van der Waals surface area (Å²) in [5, 5.41) is 8.46. The van der Waals surface area contributed by atoms with Crippen molar-refractivity contribution in [2.45, 2.75) is 18.2 Å². The molecule has 0 bridgehead atoms. The Morgan fingerprint density at radius 2 is 1.92 bits per heavy atom. The Morgan fingerprint density at radius 3 is 2.46 bits per heavy atom. The molecule has 1 rings (SSSR count). The van der Waals surface area contributed by atoms with Gasteiger partial charge in [-0.3, -0.25) is 0 Å². The summed E-state index contributed by atoms with van der Waals surface area (Å²) in [6.07, 6.45) is 1.38. The number of rotatable bonds is 4. The third-order valence-electron chi connectivity index (χ3n) is 1.85. The number of hydrogen-bond donors (Lipinski definition) is 1. The molecule has 0 amide bonds. The predicted octanol–water partition coefficient (Wildman–Crippen LogP) is 2.88. The van der Waals surface area contributed by atoms with Crippen molar-refractivity contribution in [1.29, 1.82) is 0 Å². The summed E-state index contributed by atoms with van der Waals surface area (Å²) < 4.78 is 12.5. The second kappa shape index (κ2) is 5.20. The van der Waals surface area contributed by atoms with E-state index >= 15 is 0 Å². The number of halogens is 2. The van der Waals surface area contributed by atoms with Crippen LogP contribution in [0, 0.1) is 5.82 Å². The molecule has 0 heterocycles. The molecule has 13 heavy (non-hydrogen) atoms. The first kappa shape index (κ1) is 10.5. The van der Waals surface area contributed by atoms with E-state index in [9.17, 15) is 4.39 Å². The van der Waals surface area contributed by atoms with Crippen LogP contribution in [0.2, 0.25) is 0 Å². The third-order valence-corrected chi connectivity index (χ3v) is 2.32. The van der Waals surface area contributed by atoms with Gasteiger partial charge in [-0.1, -0.05) is 12.1 Å². The molecule has 3 heteroatoms. The lowest BCUT2D eigenvalue weighted by molar-refractivity contribution is 0.284. The van der Waals surface area contributed by atoms with E-state index in [1.807, 2.05) is 0 Å². The minimum Gasteiger partial charge on any atom is -0.396 e. The van der Waals surface area contributed by atoms with Gasteiger partial charge in [0, 0.05) is 6.61 Å². The van der Waals surface area contributed by atoms with Gasteiger partial charge in [0.15, 0.2) is 0 Å². The Hall–Kier alpha value is -0.600. The SMILES string of the molecule is OCCCC(Cl)c1ccc(F)cc1. The summed E-state index contributed by atoms with van der Waals surface area (Å²) in [5.41, 5.74) is 0.900. The highest BCUT2D eigenvalue weighted by Gasteiger charge is 2.06. The fourth-order valence-corrected chi connectivity index (χ4v) is 1.41. The Balaban J connectivity index is 2.55. The first-order chi connectivity index (χ1) is 6.24. The van der Waals surface area contributed by atoms with Crippen molar-refractivity contribution in [1.82, 2.24) is 0 Å². The zero-order valence-corrected chi connectivity index (χ0v) is 7.97. The molecule has 0 aromatic heterocycles. The maximum Gasteiger partial charge on any atom is 0.123 e. The molecular weight excluding hydrogens is 191 g/mol. The van der Waals surface area contributed by atoms with Crippen LogP contribution in [0.15, 0.2) is 24.3 Å². The van der Waals surface area contributed by atoms with Crippen molar-refractivity contribution in [2.24, 2.45) is 0 Å². The smallest absolute Gasteiger partial charge is 0.123 e. The highest BCUT2D eigenvalue weighted by atomic mass is 35.5. The Labute approximate surface area is 82.2 Å². The van der Waals surface area contributed by atoms with Crippen LogP contribution in [0.25, 0.3) is 0 Å². The fourth-order valence-electron chi connectivity index (χ4n) is 1.11. The highest BCUT2D eigenvalue weighted by molar-refractivity contribution is 6.20. The minimum absolute atomic E-state index is 0.132. The highest BCUT2D eigenvalue weighted by Crippen LogP contribution is 2.25. The van der Waals surface area contributed by atoms with Gasteiger partial charge >= 0.3 is 0 Å². The molecule has 0 spiro atoms. The van der Waals surface area contributed by atoms with Crippen LogP contribution < -0.4 is 0 Å². The molecule has 0 aliphatic carbocycles. The van der Waals surface area contributed by atoms with Gasteiger partial charge in [0.25, 0.3) is 0 Å². The summed E-state index contributed by atoms with van der Waals surface area (Å²) in [6, 6.07) is 6.13. The third kappa shape index (κ3) is 3.33. The van der Waals surface area contributed by atoms with E-state index in [1.54, 1.807) is 12.1 Å². The molecule has 0 saturated carbocycles. The summed E-state index contributed by atoms with van der Waals surface area (Å²) in [4.78, 5) is 0. The largest absolute Gasteiger partial charge is 0.396 e. The normalized spacial score (nSPS) is 12.8. The van der Waals surface area contributed by atoms with Crippen molar-refractivity contribution in [3.63, 3.8) is 0 Å². The van der Waals surface area contributed by atoms with Crippen molar-refractivity contribution >= 4 is 11.6 Å². The van der Waals surface area contributed by atoms with E-state index in [0.717, 1.165) is 5.56 Å². The molecule has 72 valence electrons. The topological polar surface area (TPSA) is 20.2 Å². The van der Waals surface area contributed by atoms with Crippen LogP contribution in [0.5, 0.6) is 0 Å². The van der Waals surface area contributed by atoms with Crippen molar-refractivity contribution in [3.8, 4) is 0 Å². The predicted molar refractivity (Wildman–Crippen MR) is 51.3 cm³/mol. The van der Waals surface area contributed by atoms with Gasteiger partial charge in [0.2, 0.25) is 0 Å². The molecule has 0 saturated heterocycles. The number of aliphatic hydroxyl groups excluding tert-OH is 1. The Bertz CT molecular complexity index is 248. The molecule has 0 aliphatic heterocycles. The van der Waals surface area contributed by atoms with Crippen LogP contribution in [0.3, 0.4) is 0 Å². The molecule has 0 fully saturated rings. The van der Waals surface area contributed by atoms with Crippen molar-refractivity contribution < 1.29 is 9.50 Å². The van der Waals surface area contributed by atoms with Crippen LogP contribution in [0.1, 0.15) is 23.8 Å². The monoisotopic (exact) mass is 202 g/mol. The first-order valence-corrected chi connectivity index (χ1v) is 4.68. The molecule has 1 atom stereocenters. The van der Waals surface area contributed by atoms with Gasteiger partial charge in [-0.05, 0) is 30.5 Å². The van der Waals surface area contributed by atoms with E-state index in [2.05, 4.69) is 0 Å². The average molecular weight is 203 g/mol. The lowest BCUT2D eigenvalue weighted by Gasteiger charge is -2.07. The van der Waals surface area contributed by atoms with Crippen LogP contribution >= 0.6 is 11.6 Å². The summed E-state index contributed by atoms with van der Waals surface area (Å²) in [6.45, 7) is 0.143. The van der Waals surface area contributed by atoms with Gasteiger partial charge in [-0.25, -0.2) is 4.39 Å². The second-order valence-electron chi connectivity index (χ2n) is 2.88. The number of hydrogen-bond acceptors (Lipinski definition) is 1. The Morgan fingerprint density at radius 1 is 1.31 bits per heavy atom. The molecule has 0 radical (unpaired) electrons. The molecule has 1 nitrogen and oxygen atoms in total. The van der Waals surface area contributed by atoms with Crippen LogP contribution in [-0.4, -0.2) is 11.7 Å². The maximum absolute atomic E-state index is 12.5. The maximum atomic E-state index is 12.5. The fraction of sp³-hybridized carbons (Fsp3) is 0.400. The van der Waals surface area contributed by atoms with E-state index in [0.29, 0.717) is 12.8 Å². The number of benzene rings is 1. The van der Waals surface area contributed by atoms with Gasteiger partial charge in [-0.15, -0.1) is 11.6 Å². The van der Waals surface area contributed by atoms with Crippen molar-refractivity contribution in [3.05, 3.63) is 35.6 Å². The second-order valence-corrected chi connectivity index (χ2v) is 3.41. The van der Waals surface area contributed by atoms with E-state index in [1.165, 1.54) is 12.1 Å². The molecular formula is C10H12ClFO. The lowest BCUT2D eigenvalue weighted by atomic mass is 10.1. The van der Waals surface area contributed by atoms with Crippen molar-refractivity contribution in [2.75, 3.05) is 6.61 Å². The zero-order chi connectivity index (χ0) is 9.68. The van der Waals surface area contributed by atoms with E-state index in [-0.39, 0.29) is 17.8 Å². The molecule has 0 aliphatic rings. The Kier molecular flexibility index (Phi) is 4.19. The van der Waals surface area contributed by atoms with Crippen LogP contribution in [-0.2, 0) is 0 Å². The standard InChI is InChI=1S/C10H12ClFO/c11-10(2-1-7-13)8-3-5-9(12)6-4-8/h3-6,10,13H,1-2,7H2. The van der Waals surface area contributed by atoms with Gasteiger partial charge < -0.3 is 5.11 Å². The van der Waals surface area contributed by atoms with Gasteiger partial charge in [-0.2, -0.15) is 0 Å². The van der Waals surface area contributed by atoms with E-state index < -0.39 is 0 Å². The average Bonchev–Trinajstić information content (AvgIpc) is 2.15. The summed E-state index contributed by atoms with van der Waals surface area (Å²) in [5.74, 6) is -0.255. The minimum atomic E-state index is -0.255. The molecule has 1 unspecified atom stereocenters. The summed E-state index contributed by atoms with van der Waals surface area (Å²) in [7, 11) is 0. The first-order valence-electron chi connectivity index (χ1n) is 4.24. The lowest BCUT2D eigenvalue weighted by Crippen LogP contribution is -1.93. The zero-order valence-electron chi connectivity index (χ0n) is 7.21. The van der Waals surface area contributed by atoms with Gasteiger partial charge in [0.05, 0.1) is 5.38 Å². The molecule has 1 N–H and O–H groups in total. The van der Waals surface area contributed by atoms with Crippen LogP contribution in [0.4, 0.5) is 4.39 Å². The summed E-state index contributed by atoms with van der Waals surface area (Å²) >= 11 is 6.00. The van der Waals surface area contributed by atoms with Gasteiger partial charge in [0.1, 0.15) is 5.82 Å². The molecule has 1 aromatic carbocycles. The molecule has 1 aromatic rings. The van der Waals surface area contributed by atoms with E-state index in [4.69, 9.17) is 16.7 Å². The quantitative estimate of drug-likeness (QED) is 0.745.